The van der Waals surface area contributed by atoms with Gasteiger partial charge in [0.15, 0.2) is 0 Å². The molecule has 0 radical (unpaired) electrons. The second kappa shape index (κ2) is 9.84. The number of aromatic hydroxyl groups is 1. The zero-order chi connectivity index (χ0) is 27.9. The molecule has 2 aromatic carbocycles. The number of hydrogen-bond donors (Lipinski definition) is 4. The lowest BCUT2D eigenvalue weighted by Crippen LogP contribution is -2.55. The van der Waals surface area contributed by atoms with Crippen LogP contribution in [-0.4, -0.2) is 62.2 Å². The van der Waals surface area contributed by atoms with E-state index in [1.807, 2.05) is 30.3 Å². The van der Waals surface area contributed by atoms with Gasteiger partial charge in [-0.05, 0) is 48.2 Å². The highest BCUT2D eigenvalue weighted by Crippen LogP contribution is 2.32. The zero-order valence-corrected chi connectivity index (χ0v) is 21.6. The molecule has 4 heterocycles. The Morgan fingerprint density at radius 1 is 1.05 bits per heavy atom. The minimum Gasteiger partial charge on any atom is -0.506 e. The van der Waals surface area contributed by atoms with Crippen LogP contribution in [0.25, 0.3) is 22.5 Å². The van der Waals surface area contributed by atoms with Gasteiger partial charge in [0.2, 0.25) is 0 Å². The van der Waals surface area contributed by atoms with Gasteiger partial charge in [0.05, 0.1) is 25.5 Å². The highest BCUT2D eigenvalue weighted by atomic mass is 16.5. The first-order valence-corrected chi connectivity index (χ1v) is 12.7. The molecule has 1 saturated heterocycles. The number of urea groups is 1. The van der Waals surface area contributed by atoms with E-state index in [4.69, 9.17) is 4.74 Å². The maximum absolute atomic E-state index is 13.2. The number of aromatic amines is 1. The number of hydrogen-bond acceptors (Lipinski definition) is 7. The Balaban J connectivity index is 1.19. The quantitative estimate of drug-likeness (QED) is 0.252. The van der Waals surface area contributed by atoms with Crippen molar-refractivity contribution in [3.63, 3.8) is 0 Å². The van der Waals surface area contributed by atoms with Gasteiger partial charge in [-0.2, -0.15) is 5.10 Å². The van der Waals surface area contributed by atoms with E-state index in [0.717, 1.165) is 22.3 Å². The van der Waals surface area contributed by atoms with Crippen LogP contribution in [0.15, 0.2) is 67.0 Å². The van der Waals surface area contributed by atoms with E-state index in [-0.39, 0.29) is 24.6 Å². The predicted molar refractivity (Wildman–Crippen MR) is 144 cm³/mol. The molecule has 1 fully saturated rings. The van der Waals surface area contributed by atoms with Gasteiger partial charge in [-0.3, -0.25) is 20.0 Å². The summed E-state index contributed by atoms with van der Waals surface area (Å²) in [6, 6.07) is 15.6. The second-order valence-electron chi connectivity index (χ2n) is 9.92. The van der Waals surface area contributed by atoms with Crippen LogP contribution in [0.1, 0.15) is 27.9 Å². The van der Waals surface area contributed by atoms with Gasteiger partial charge in [-0.15, -0.1) is 0 Å². The zero-order valence-electron chi connectivity index (χ0n) is 21.6. The van der Waals surface area contributed by atoms with Gasteiger partial charge in [-0.1, -0.05) is 30.3 Å². The lowest BCUT2D eigenvalue weighted by molar-refractivity contribution is -0.124. The number of benzene rings is 2. The number of amides is 4. The number of methoxy groups -OCH3 is 1. The highest BCUT2D eigenvalue weighted by Gasteiger charge is 2.48. The molecule has 0 aliphatic carbocycles. The standard InChI is InChI=1S/C29H26N6O5/c1-40-21-7-6-19-15-35(26(37)22(19)12-21)16-29(27(38)33-28(39)34-29)11-10-17-2-4-18(5-3-17)25-24(36)9-8-23(32-25)20-13-30-31-14-20/h2-9,12-14,36H,10-11,15-16H2,1H3,(H,30,31)(H2,33,34,38,39)/t29-/m1/s1. The van der Waals surface area contributed by atoms with Crippen LogP contribution in [0.3, 0.4) is 0 Å². The van der Waals surface area contributed by atoms with Gasteiger partial charge < -0.3 is 20.1 Å². The molecule has 2 aliphatic heterocycles. The molecule has 0 unspecified atom stereocenters. The number of nitrogens with zero attached hydrogens (tertiary/aromatic N) is 3. The van der Waals surface area contributed by atoms with E-state index in [1.165, 1.54) is 7.11 Å². The van der Waals surface area contributed by atoms with Crippen LogP contribution in [0.5, 0.6) is 11.5 Å². The normalized spacial score (nSPS) is 18.0. The van der Waals surface area contributed by atoms with Gasteiger partial charge >= 0.3 is 6.03 Å². The number of pyridine rings is 1. The predicted octanol–water partition coefficient (Wildman–Crippen LogP) is 3.02. The van der Waals surface area contributed by atoms with Crippen LogP contribution in [0.4, 0.5) is 4.79 Å². The van der Waals surface area contributed by atoms with Crippen LogP contribution < -0.4 is 15.4 Å². The van der Waals surface area contributed by atoms with Crippen LogP contribution in [0, 0.1) is 0 Å². The number of imide groups is 1. The summed E-state index contributed by atoms with van der Waals surface area (Å²) < 4.78 is 5.25. The fourth-order valence-corrected chi connectivity index (χ4v) is 5.22. The van der Waals surface area contributed by atoms with E-state index >= 15 is 0 Å². The summed E-state index contributed by atoms with van der Waals surface area (Å²) in [5.74, 6) is -0.0360. The Morgan fingerprint density at radius 3 is 2.58 bits per heavy atom. The van der Waals surface area contributed by atoms with Crippen LogP contribution in [0.2, 0.25) is 0 Å². The SMILES string of the molecule is COc1ccc2c(c1)C(=O)N(C[C@@]1(CCc3ccc(-c4nc(-c5cn[nH]c5)ccc4O)cc3)NC(=O)NC1=O)C2. The lowest BCUT2D eigenvalue weighted by Gasteiger charge is -2.31. The maximum atomic E-state index is 13.2. The topological polar surface area (TPSA) is 150 Å². The van der Waals surface area contributed by atoms with Gasteiger partial charge in [-0.25, -0.2) is 9.78 Å². The van der Waals surface area contributed by atoms with E-state index in [2.05, 4.69) is 25.8 Å². The molecule has 2 aromatic heterocycles. The van der Waals surface area contributed by atoms with E-state index in [1.54, 1.807) is 41.6 Å². The molecule has 40 heavy (non-hydrogen) atoms. The molecular formula is C29H26N6O5. The number of carbonyl (C=O) groups is 3. The Hall–Kier alpha value is -5.19. The highest BCUT2D eigenvalue weighted by molar-refractivity contribution is 6.08. The average molecular weight is 539 g/mol. The molecule has 4 N–H and O–H groups in total. The molecule has 202 valence electrons. The van der Waals surface area contributed by atoms with Gasteiger partial charge in [0.1, 0.15) is 22.7 Å². The van der Waals surface area contributed by atoms with Crippen molar-refractivity contribution >= 4 is 17.8 Å². The average Bonchev–Trinajstić information content (AvgIpc) is 3.67. The molecule has 2 aliphatic rings. The molecule has 6 rings (SSSR count). The Labute approximate surface area is 229 Å². The molecule has 4 amide bonds. The van der Waals surface area contributed by atoms with Crippen molar-refractivity contribution in [3.8, 4) is 34.0 Å². The summed E-state index contributed by atoms with van der Waals surface area (Å²) >= 11 is 0. The molecule has 11 nitrogen and oxygen atoms in total. The van der Waals surface area contributed by atoms with Gasteiger partial charge in [0.25, 0.3) is 11.8 Å². The monoisotopic (exact) mass is 538 g/mol. The van der Waals surface area contributed by atoms with Gasteiger partial charge in [0, 0.05) is 29.4 Å². The number of nitrogens with one attached hydrogen (secondary N) is 3. The third-order valence-corrected chi connectivity index (χ3v) is 7.41. The first-order chi connectivity index (χ1) is 19.3. The largest absolute Gasteiger partial charge is 0.506 e. The lowest BCUT2D eigenvalue weighted by atomic mass is 9.90. The first-order valence-electron chi connectivity index (χ1n) is 12.7. The summed E-state index contributed by atoms with van der Waals surface area (Å²) in [6.07, 6.45) is 4.13. The van der Waals surface area contributed by atoms with Crippen molar-refractivity contribution in [2.24, 2.45) is 0 Å². The van der Waals surface area contributed by atoms with Crippen molar-refractivity contribution in [1.29, 1.82) is 0 Å². The van der Waals surface area contributed by atoms with E-state index < -0.39 is 17.5 Å². The molecule has 4 aromatic rings. The summed E-state index contributed by atoms with van der Waals surface area (Å²) in [5, 5.41) is 22.3. The number of H-pyrrole nitrogens is 1. The molecular weight excluding hydrogens is 512 g/mol. The molecule has 0 saturated carbocycles. The number of ether oxygens (including phenoxy) is 1. The smallest absolute Gasteiger partial charge is 0.322 e. The van der Waals surface area contributed by atoms with E-state index in [0.29, 0.717) is 35.7 Å². The summed E-state index contributed by atoms with van der Waals surface area (Å²) in [6.45, 7) is 0.378. The number of rotatable bonds is 8. The van der Waals surface area contributed by atoms with E-state index in [9.17, 15) is 19.5 Å². The third-order valence-electron chi connectivity index (χ3n) is 7.41. The molecule has 0 bridgehead atoms. The van der Waals surface area contributed by atoms with Crippen molar-refractivity contribution < 1.29 is 24.2 Å². The minimum atomic E-state index is -1.27. The third kappa shape index (κ3) is 4.51. The summed E-state index contributed by atoms with van der Waals surface area (Å²) in [7, 11) is 1.54. The molecule has 1 atom stereocenters. The van der Waals surface area contributed by atoms with Crippen LogP contribution >= 0.6 is 0 Å². The first kappa shape index (κ1) is 25.1. The minimum absolute atomic E-state index is 0.0388. The molecule has 11 heteroatoms. The van der Waals surface area contributed by atoms with Crippen LogP contribution in [-0.2, 0) is 17.8 Å². The summed E-state index contributed by atoms with van der Waals surface area (Å²) in [4.78, 5) is 44.5. The Bertz CT molecular complexity index is 1620. The number of carbonyl (C=O) groups excluding carboxylic acids is 3. The van der Waals surface area contributed by atoms with Crippen molar-refractivity contribution in [3.05, 3.63) is 83.7 Å². The Morgan fingerprint density at radius 2 is 1.88 bits per heavy atom. The maximum Gasteiger partial charge on any atom is 0.322 e. The fourth-order valence-electron chi connectivity index (χ4n) is 5.22. The van der Waals surface area contributed by atoms with Crippen molar-refractivity contribution in [2.45, 2.75) is 24.9 Å². The van der Waals surface area contributed by atoms with Crippen molar-refractivity contribution in [2.75, 3.05) is 13.7 Å². The number of aryl methyl sites for hydroxylation is 1. The number of fused-ring (bicyclic) bond motifs is 1. The Kier molecular flexibility index (Phi) is 6.18. The molecule has 0 spiro atoms. The fraction of sp³-hybridized carbons (Fsp3) is 0.207. The van der Waals surface area contributed by atoms with Crippen molar-refractivity contribution in [1.82, 2.24) is 30.7 Å². The second-order valence-corrected chi connectivity index (χ2v) is 9.92. The summed E-state index contributed by atoms with van der Waals surface area (Å²) in [5.41, 5.74) is 3.67. The number of aromatic nitrogens is 3.